The number of benzene rings is 3. The van der Waals surface area contributed by atoms with Gasteiger partial charge in [0.05, 0.1) is 18.6 Å². The Morgan fingerprint density at radius 3 is 2.44 bits per heavy atom. The van der Waals surface area contributed by atoms with E-state index < -0.39 is 11.4 Å². The molecule has 0 radical (unpaired) electrons. The molecular weight excluding hydrogens is 428 g/mol. The molecule has 0 spiro atoms. The Hall–Kier alpha value is -3.21. The van der Waals surface area contributed by atoms with Gasteiger partial charge in [0.1, 0.15) is 17.2 Å². The summed E-state index contributed by atoms with van der Waals surface area (Å²) >= 11 is 0. The van der Waals surface area contributed by atoms with Crippen molar-refractivity contribution < 1.29 is 24.5 Å². The number of fused-ring (bicyclic) bond motifs is 2. The van der Waals surface area contributed by atoms with E-state index in [0.29, 0.717) is 18.6 Å². The summed E-state index contributed by atoms with van der Waals surface area (Å²) in [5.41, 5.74) is 3.42. The van der Waals surface area contributed by atoms with Crippen molar-refractivity contribution in [2.24, 2.45) is 0 Å². The summed E-state index contributed by atoms with van der Waals surface area (Å²) < 4.78 is 11.5. The Morgan fingerprint density at radius 2 is 1.76 bits per heavy atom. The number of rotatable bonds is 6. The molecule has 0 aromatic heterocycles. The molecule has 1 aliphatic rings. The summed E-state index contributed by atoms with van der Waals surface area (Å²) in [5, 5.41) is 23.0. The molecule has 180 valence electrons. The predicted octanol–water partition coefficient (Wildman–Crippen LogP) is 6.56. The Bertz CT molecular complexity index is 1260. The molecule has 0 bridgehead atoms. The highest BCUT2D eigenvalue weighted by Gasteiger charge is 2.38. The predicted molar refractivity (Wildman–Crippen MR) is 134 cm³/mol. The van der Waals surface area contributed by atoms with Crippen molar-refractivity contribution in [3.05, 3.63) is 64.2 Å². The summed E-state index contributed by atoms with van der Waals surface area (Å²) in [6.45, 7) is 9.69. The van der Waals surface area contributed by atoms with Gasteiger partial charge in [-0.05, 0) is 105 Å². The lowest BCUT2D eigenvalue weighted by atomic mass is 9.73. The largest absolute Gasteiger partial charge is 0.507 e. The molecule has 3 unspecified atom stereocenters. The summed E-state index contributed by atoms with van der Waals surface area (Å²) in [6.07, 6.45) is 2.00. The number of ether oxygens (including phenoxy) is 2. The van der Waals surface area contributed by atoms with Gasteiger partial charge >= 0.3 is 5.97 Å². The second kappa shape index (κ2) is 8.86. The van der Waals surface area contributed by atoms with E-state index in [2.05, 4.69) is 6.92 Å². The van der Waals surface area contributed by atoms with E-state index in [-0.39, 0.29) is 12.0 Å². The highest BCUT2D eigenvalue weighted by Crippen LogP contribution is 2.48. The SMILES string of the molecule is COc1ccc2cc(C(C)(CCC3CC(C)Oc4c(C)c(C)c(O)c(C)c43)C(=O)O)ccc2c1. The van der Waals surface area contributed by atoms with Crippen molar-refractivity contribution in [2.45, 2.75) is 71.3 Å². The van der Waals surface area contributed by atoms with Crippen LogP contribution < -0.4 is 9.47 Å². The number of phenols is 1. The number of carbonyl (C=O) groups is 1. The molecule has 5 heteroatoms. The lowest BCUT2D eigenvalue weighted by Crippen LogP contribution is -2.34. The standard InChI is InChI=1S/C29H34O5/c1-16-13-22(25-19(4)26(30)17(2)18(3)27(25)34-16)11-12-29(5,28(31)32)23-9-7-21-15-24(33-6)10-8-20(21)14-23/h7-10,14-16,22,30H,11-13H2,1-6H3,(H,31,32). The number of hydrogen-bond acceptors (Lipinski definition) is 4. The van der Waals surface area contributed by atoms with Gasteiger partial charge in [0.15, 0.2) is 0 Å². The van der Waals surface area contributed by atoms with Crippen molar-refractivity contribution in [2.75, 3.05) is 7.11 Å². The fraction of sp³-hybridized carbons (Fsp3) is 0.414. The molecule has 34 heavy (non-hydrogen) atoms. The van der Waals surface area contributed by atoms with E-state index in [9.17, 15) is 15.0 Å². The van der Waals surface area contributed by atoms with Crippen LogP contribution in [0.15, 0.2) is 36.4 Å². The van der Waals surface area contributed by atoms with E-state index >= 15 is 0 Å². The Morgan fingerprint density at radius 1 is 1.09 bits per heavy atom. The number of methoxy groups -OCH3 is 1. The Labute approximate surface area is 201 Å². The number of carboxylic acids is 1. The monoisotopic (exact) mass is 462 g/mol. The number of hydrogen-bond donors (Lipinski definition) is 2. The fourth-order valence-corrected chi connectivity index (χ4v) is 5.33. The third kappa shape index (κ3) is 3.97. The van der Waals surface area contributed by atoms with E-state index in [0.717, 1.165) is 56.5 Å². The minimum absolute atomic E-state index is 0.0336. The molecule has 3 aromatic rings. The van der Waals surface area contributed by atoms with Gasteiger partial charge in [-0.15, -0.1) is 0 Å². The summed E-state index contributed by atoms with van der Waals surface area (Å²) in [5.74, 6) is 1.23. The molecule has 2 N–H and O–H groups in total. The molecule has 0 saturated carbocycles. The zero-order chi connectivity index (χ0) is 24.8. The molecule has 5 nitrogen and oxygen atoms in total. The quantitative estimate of drug-likeness (QED) is 0.434. The van der Waals surface area contributed by atoms with Crippen LogP contribution in [0.2, 0.25) is 0 Å². The van der Waals surface area contributed by atoms with Crippen LogP contribution in [0.25, 0.3) is 10.8 Å². The molecule has 0 saturated heterocycles. The molecule has 4 rings (SSSR count). The summed E-state index contributed by atoms with van der Waals surface area (Å²) in [6, 6.07) is 11.7. The third-order valence-corrected chi connectivity index (χ3v) is 7.76. The van der Waals surface area contributed by atoms with Gasteiger partial charge in [-0.1, -0.05) is 24.3 Å². The molecule has 0 aliphatic carbocycles. The first-order chi connectivity index (χ1) is 16.1. The molecule has 1 heterocycles. The number of carboxylic acid groups (broad SMARTS) is 1. The first-order valence-electron chi connectivity index (χ1n) is 11.9. The van der Waals surface area contributed by atoms with Crippen LogP contribution in [0.4, 0.5) is 0 Å². The average Bonchev–Trinajstić information content (AvgIpc) is 2.83. The van der Waals surface area contributed by atoms with Crippen molar-refractivity contribution in [1.29, 1.82) is 0 Å². The molecule has 3 atom stereocenters. The minimum atomic E-state index is -1.04. The van der Waals surface area contributed by atoms with Crippen molar-refractivity contribution >= 4 is 16.7 Å². The van der Waals surface area contributed by atoms with Crippen LogP contribution >= 0.6 is 0 Å². The zero-order valence-corrected chi connectivity index (χ0v) is 20.9. The van der Waals surface area contributed by atoms with E-state index in [1.54, 1.807) is 7.11 Å². The van der Waals surface area contributed by atoms with E-state index in [4.69, 9.17) is 9.47 Å². The van der Waals surface area contributed by atoms with Crippen LogP contribution in [-0.2, 0) is 10.2 Å². The van der Waals surface area contributed by atoms with Gasteiger partial charge in [-0.25, -0.2) is 0 Å². The van der Waals surface area contributed by atoms with Crippen molar-refractivity contribution in [3.8, 4) is 17.2 Å². The second-order valence-electron chi connectivity index (χ2n) is 9.93. The fourth-order valence-electron chi connectivity index (χ4n) is 5.33. The lowest BCUT2D eigenvalue weighted by molar-refractivity contribution is -0.143. The van der Waals surface area contributed by atoms with Crippen molar-refractivity contribution in [1.82, 2.24) is 0 Å². The highest BCUT2D eigenvalue weighted by atomic mass is 16.5. The molecular formula is C29H34O5. The molecule has 0 amide bonds. The van der Waals surface area contributed by atoms with Gasteiger partial charge < -0.3 is 19.7 Å². The third-order valence-electron chi connectivity index (χ3n) is 7.76. The molecule has 3 aromatic carbocycles. The van der Waals surface area contributed by atoms with Crippen LogP contribution in [0.3, 0.4) is 0 Å². The van der Waals surface area contributed by atoms with Gasteiger partial charge in [0.2, 0.25) is 0 Å². The van der Waals surface area contributed by atoms with Gasteiger partial charge in [0.25, 0.3) is 0 Å². The highest BCUT2D eigenvalue weighted by molar-refractivity contribution is 5.88. The van der Waals surface area contributed by atoms with Crippen molar-refractivity contribution in [3.63, 3.8) is 0 Å². The van der Waals surface area contributed by atoms with E-state index in [1.165, 1.54) is 0 Å². The topological polar surface area (TPSA) is 76.0 Å². The Kier molecular flexibility index (Phi) is 6.24. The average molecular weight is 463 g/mol. The maximum absolute atomic E-state index is 12.6. The minimum Gasteiger partial charge on any atom is -0.507 e. The lowest BCUT2D eigenvalue weighted by Gasteiger charge is -2.36. The normalized spacial score (nSPS) is 19.2. The van der Waals surface area contributed by atoms with Gasteiger partial charge in [-0.2, -0.15) is 0 Å². The van der Waals surface area contributed by atoms with E-state index in [1.807, 2.05) is 64.1 Å². The maximum atomic E-state index is 12.6. The molecule has 0 fully saturated rings. The van der Waals surface area contributed by atoms with Gasteiger partial charge in [0, 0.05) is 5.56 Å². The number of aliphatic carboxylic acids is 1. The molecule has 1 aliphatic heterocycles. The van der Waals surface area contributed by atoms with Crippen LogP contribution in [-0.4, -0.2) is 29.4 Å². The van der Waals surface area contributed by atoms with Crippen LogP contribution in [0.1, 0.15) is 66.8 Å². The van der Waals surface area contributed by atoms with Gasteiger partial charge in [-0.3, -0.25) is 4.79 Å². The summed E-state index contributed by atoms with van der Waals surface area (Å²) in [7, 11) is 1.64. The zero-order valence-electron chi connectivity index (χ0n) is 20.9. The number of phenolic OH excluding ortho intramolecular Hbond substituents is 1. The maximum Gasteiger partial charge on any atom is 0.313 e. The summed E-state index contributed by atoms with van der Waals surface area (Å²) in [4.78, 5) is 12.6. The first kappa shape index (κ1) is 23.9. The number of aromatic hydroxyl groups is 1. The second-order valence-corrected chi connectivity index (χ2v) is 9.93. The first-order valence-corrected chi connectivity index (χ1v) is 11.9. The Balaban J connectivity index is 1.69. The van der Waals surface area contributed by atoms with Crippen LogP contribution in [0, 0.1) is 20.8 Å². The smallest absolute Gasteiger partial charge is 0.313 e. The van der Waals surface area contributed by atoms with Crippen LogP contribution in [0.5, 0.6) is 17.2 Å².